The summed E-state index contributed by atoms with van der Waals surface area (Å²) < 4.78 is 1.86. The first-order chi connectivity index (χ1) is 9.00. The van der Waals surface area contributed by atoms with Gasteiger partial charge in [0.25, 0.3) is 0 Å². The topological polar surface area (TPSA) is 30.7 Å². The van der Waals surface area contributed by atoms with Gasteiger partial charge in [-0.2, -0.15) is 5.10 Å². The summed E-state index contributed by atoms with van der Waals surface area (Å²) in [6.45, 7) is 8.85. The van der Waals surface area contributed by atoms with E-state index in [9.17, 15) is 0 Å². The molecule has 0 radical (unpaired) electrons. The number of rotatable bonds is 4. The molecule has 0 aliphatic carbocycles. The van der Waals surface area contributed by atoms with Gasteiger partial charge in [-0.05, 0) is 29.5 Å². The van der Waals surface area contributed by atoms with Gasteiger partial charge in [0, 0.05) is 6.42 Å². The van der Waals surface area contributed by atoms with Crippen molar-refractivity contribution >= 4 is 0 Å². The number of nitrogens with zero attached hydrogens (tertiary/aromatic N) is 3. The Hall–Kier alpha value is -1.64. The normalized spacial score (nSPS) is 11.8. The predicted octanol–water partition coefficient (Wildman–Crippen LogP) is 3.91. The van der Waals surface area contributed by atoms with E-state index >= 15 is 0 Å². The molecule has 0 spiro atoms. The van der Waals surface area contributed by atoms with Crippen molar-refractivity contribution in [3.8, 4) is 5.69 Å². The molecule has 1 aromatic heterocycles. The maximum Gasteiger partial charge on any atom is 0.151 e. The van der Waals surface area contributed by atoms with Crippen molar-refractivity contribution in [2.45, 2.75) is 52.4 Å². The molecule has 0 amide bonds. The Kier molecular flexibility index (Phi) is 4.03. The second kappa shape index (κ2) is 5.55. The van der Waals surface area contributed by atoms with E-state index in [-0.39, 0.29) is 5.41 Å². The van der Waals surface area contributed by atoms with Gasteiger partial charge in [-0.1, -0.05) is 46.2 Å². The van der Waals surface area contributed by atoms with E-state index < -0.39 is 0 Å². The Bertz CT molecular complexity index is 518. The fourth-order valence-electron chi connectivity index (χ4n) is 1.99. The lowest BCUT2D eigenvalue weighted by Gasteiger charge is -2.19. The summed E-state index contributed by atoms with van der Waals surface area (Å²) in [7, 11) is 0. The number of benzene rings is 1. The van der Waals surface area contributed by atoms with Crippen molar-refractivity contribution < 1.29 is 0 Å². The molecule has 2 aromatic rings. The third kappa shape index (κ3) is 3.43. The van der Waals surface area contributed by atoms with Crippen molar-refractivity contribution in [3.63, 3.8) is 0 Å². The van der Waals surface area contributed by atoms with Crippen LogP contribution in [0.1, 0.15) is 51.9 Å². The standard InChI is InChI=1S/C16H23N3/c1-5-6-7-15-17-12-19(18-15)14-10-8-13(9-11-14)16(2,3)4/h8-12H,5-7H2,1-4H3. The first-order valence-corrected chi connectivity index (χ1v) is 7.02. The second-order valence-electron chi connectivity index (χ2n) is 6.01. The van der Waals surface area contributed by atoms with Gasteiger partial charge in [0.1, 0.15) is 6.33 Å². The number of hydrogen-bond donors (Lipinski definition) is 0. The van der Waals surface area contributed by atoms with Crippen LogP contribution in [0.4, 0.5) is 0 Å². The van der Waals surface area contributed by atoms with Crippen LogP contribution in [-0.2, 0) is 11.8 Å². The average molecular weight is 257 g/mol. The molecule has 0 N–H and O–H groups in total. The molecule has 0 saturated carbocycles. The summed E-state index contributed by atoms with van der Waals surface area (Å²) in [5.41, 5.74) is 2.60. The molecule has 2 rings (SSSR count). The van der Waals surface area contributed by atoms with E-state index in [0.717, 1.165) is 24.4 Å². The third-order valence-corrected chi connectivity index (χ3v) is 3.29. The second-order valence-corrected chi connectivity index (χ2v) is 6.01. The van der Waals surface area contributed by atoms with Gasteiger partial charge in [0.2, 0.25) is 0 Å². The van der Waals surface area contributed by atoms with Gasteiger partial charge in [0.15, 0.2) is 5.82 Å². The molecule has 19 heavy (non-hydrogen) atoms. The van der Waals surface area contributed by atoms with Crippen molar-refractivity contribution in [1.29, 1.82) is 0 Å². The first kappa shape index (κ1) is 13.8. The average Bonchev–Trinajstić information content (AvgIpc) is 2.84. The molecule has 0 unspecified atom stereocenters. The summed E-state index contributed by atoms with van der Waals surface area (Å²) in [5.74, 6) is 0.932. The van der Waals surface area contributed by atoms with E-state index in [1.54, 1.807) is 6.33 Å². The van der Waals surface area contributed by atoms with Gasteiger partial charge in [-0.15, -0.1) is 0 Å². The zero-order valence-corrected chi connectivity index (χ0v) is 12.3. The molecule has 0 fully saturated rings. The number of unbranched alkanes of at least 4 members (excludes halogenated alkanes) is 1. The van der Waals surface area contributed by atoms with Crippen molar-refractivity contribution in [3.05, 3.63) is 42.0 Å². The SMILES string of the molecule is CCCCc1ncn(-c2ccc(C(C)(C)C)cc2)n1. The molecule has 3 nitrogen and oxygen atoms in total. The minimum atomic E-state index is 0.188. The van der Waals surface area contributed by atoms with E-state index in [1.165, 1.54) is 12.0 Å². The highest BCUT2D eigenvalue weighted by Gasteiger charge is 2.13. The van der Waals surface area contributed by atoms with Crippen LogP contribution in [0.5, 0.6) is 0 Å². The van der Waals surface area contributed by atoms with Crippen LogP contribution >= 0.6 is 0 Å². The Morgan fingerprint density at radius 3 is 2.37 bits per heavy atom. The highest BCUT2D eigenvalue weighted by Crippen LogP contribution is 2.22. The summed E-state index contributed by atoms with van der Waals surface area (Å²) in [6, 6.07) is 8.56. The zero-order chi connectivity index (χ0) is 13.9. The van der Waals surface area contributed by atoms with Crippen LogP contribution in [-0.4, -0.2) is 14.8 Å². The molecular weight excluding hydrogens is 234 g/mol. The minimum absolute atomic E-state index is 0.188. The number of aromatic nitrogens is 3. The molecule has 0 bridgehead atoms. The lowest BCUT2D eigenvalue weighted by atomic mass is 9.87. The van der Waals surface area contributed by atoms with Gasteiger partial charge in [-0.3, -0.25) is 0 Å². The lowest BCUT2D eigenvalue weighted by Crippen LogP contribution is -2.10. The zero-order valence-electron chi connectivity index (χ0n) is 12.3. The summed E-state index contributed by atoms with van der Waals surface area (Å²) >= 11 is 0. The van der Waals surface area contributed by atoms with Crippen LogP contribution in [0.15, 0.2) is 30.6 Å². The fraction of sp³-hybridized carbons (Fsp3) is 0.500. The number of hydrogen-bond acceptors (Lipinski definition) is 2. The largest absolute Gasteiger partial charge is 0.221 e. The van der Waals surface area contributed by atoms with Crippen LogP contribution in [0.3, 0.4) is 0 Å². The molecule has 102 valence electrons. The van der Waals surface area contributed by atoms with Crippen molar-refractivity contribution in [2.75, 3.05) is 0 Å². The summed E-state index contributed by atoms with van der Waals surface area (Å²) in [6.07, 6.45) is 5.09. The van der Waals surface area contributed by atoms with Gasteiger partial charge < -0.3 is 0 Å². The highest BCUT2D eigenvalue weighted by molar-refractivity contribution is 5.35. The fourth-order valence-corrected chi connectivity index (χ4v) is 1.99. The third-order valence-electron chi connectivity index (χ3n) is 3.29. The predicted molar refractivity (Wildman–Crippen MR) is 78.7 cm³/mol. The minimum Gasteiger partial charge on any atom is -0.221 e. The molecular formula is C16H23N3. The molecule has 0 aliphatic heterocycles. The molecule has 0 atom stereocenters. The molecule has 0 saturated heterocycles. The van der Waals surface area contributed by atoms with Gasteiger partial charge in [0.05, 0.1) is 5.69 Å². The number of aryl methyl sites for hydroxylation is 1. The summed E-state index contributed by atoms with van der Waals surface area (Å²) in [5, 5.41) is 4.52. The van der Waals surface area contributed by atoms with Gasteiger partial charge >= 0.3 is 0 Å². The van der Waals surface area contributed by atoms with Crippen molar-refractivity contribution in [2.24, 2.45) is 0 Å². The molecule has 1 heterocycles. The van der Waals surface area contributed by atoms with E-state index in [4.69, 9.17) is 0 Å². The Labute approximate surface area is 115 Å². The lowest BCUT2D eigenvalue weighted by molar-refractivity contribution is 0.590. The van der Waals surface area contributed by atoms with Gasteiger partial charge in [-0.25, -0.2) is 9.67 Å². The van der Waals surface area contributed by atoms with Crippen molar-refractivity contribution in [1.82, 2.24) is 14.8 Å². The van der Waals surface area contributed by atoms with Crippen LogP contribution in [0.25, 0.3) is 5.69 Å². The summed E-state index contributed by atoms with van der Waals surface area (Å²) in [4.78, 5) is 4.35. The van der Waals surface area contributed by atoms with Crippen LogP contribution in [0, 0.1) is 0 Å². The quantitative estimate of drug-likeness (QED) is 0.831. The first-order valence-electron chi connectivity index (χ1n) is 7.02. The Balaban J connectivity index is 2.16. The Morgan fingerprint density at radius 2 is 1.79 bits per heavy atom. The Morgan fingerprint density at radius 1 is 1.11 bits per heavy atom. The molecule has 0 aliphatic rings. The van der Waals surface area contributed by atoms with E-state index in [0.29, 0.717) is 0 Å². The highest BCUT2D eigenvalue weighted by atomic mass is 15.3. The van der Waals surface area contributed by atoms with E-state index in [1.807, 2.05) is 4.68 Å². The maximum atomic E-state index is 4.52. The van der Waals surface area contributed by atoms with Crippen LogP contribution in [0.2, 0.25) is 0 Å². The monoisotopic (exact) mass is 257 g/mol. The van der Waals surface area contributed by atoms with Crippen LogP contribution < -0.4 is 0 Å². The smallest absolute Gasteiger partial charge is 0.151 e. The van der Waals surface area contributed by atoms with E-state index in [2.05, 4.69) is 62.0 Å². The maximum absolute atomic E-state index is 4.52. The molecule has 3 heteroatoms. The molecule has 1 aromatic carbocycles.